The molecule has 2 aromatic rings. The third kappa shape index (κ3) is 1.16. The molecule has 0 spiro atoms. The van der Waals surface area contributed by atoms with E-state index in [2.05, 4.69) is 20.3 Å². The second-order valence-corrected chi connectivity index (χ2v) is 2.73. The predicted molar refractivity (Wildman–Crippen MR) is 44.0 cm³/mol. The molecular formula is C6H6N4OS. The Morgan fingerprint density at radius 3 is 2.83 bits per heavy atom. The van der Waals surface area contributed by atoms with Gasteiger partial charge in [0.2, 0.25) is 4.77 Å². The smallest absolute Gasteiger partial charge is 0.213 e. The van der Waals surface area contributed by atoms with E-state index in [0.717, 1.165) is 5.76 Å². The van der Waals surface area contributed by atoms with Crippen molar-refractivity contribution in [2.75, 3.05) is 0 Å². The lowest BCUT2D eigenvalue weighted by Crippen LogP contribution is -1.78. The minimum atomic E-state index is 0.408. The van der Waals surface area contributed by atoms with Gasteiger partial charge in [-0.05, 0) is 19.1 Å². The highest BCUT2D eigenvalue weighted by Crippen LogP contribution is 2.12. The molecule has 0 aromatic carbocycles. The van der Waals surface area contributed by atoms with Crippen molar-refractivity contribution < 1.29 is 4.52 Å². The number of nitrogens with zero attached hydrogens (tertiary/aromatic N) is 2. The van der Waals surface area contributed by atoms with Crippen LogP contribution in [-0.4, -0.2) is 20.3 Å². The van der Waals surface area contributed by atoms with Crippen LogP contribution in [0.5, 0.6) is 0 Å². The number of hydrogen-bond donors (Lipinski definition) is 2. The Morgan fingerprint density at radius 2 is 2.33 bits per heavy atom. The normalized spacial score (nSPS) is 10.4. The first-order valence-corrected chi connectivity index (χ1v) is 3.75. The first kappa shape index (κ1) is 7.23. The molecule has 5 nitrogen and oxygen atoms in total. The van der Waals surface area contributed by atoms with Gasteiger partial charge in [-0.1, -0.05) is 5.16 Å². The van der Waals surface area contributed by atoms with E-state index < -0.39 is 0 Å². The van der Waals surface area contributed by atoms with Crippen molar-refractivity contribution in [1.82, 2.24) is 20.3 Å². The summed E-state index contributed by atoms with van der Waals surface area (Å²) in [5.74, 6) is 1.34. The predicted octanol–water partition coefficient (Wildman–Crippen LogP) is 1.43. The number of nitrogens with one attached hydrogen (secondary N) is 2. The van der Waals surface area contributed by atoms with Crippen molar-refractivity contribution in [1.29, 1.82) is 0 Å². The van der Waals surface area contributed by atoms with Crippen LogP contribution in [0, 0.1) is 11.7 Å². The van der Waals surface area contributed by atoms with Crippen molar-refractivity contribution in [2.24, 2.45) is 0 Å². The summed E-state index contributed by atoms with van der Waals surface area (Å²) in [5.41, 5.74) is 0.653. The van der Waals surface area contributed by atoms with E-state index in [-0.39, 0.29) is 0 Å². The second kappa shape index (κ2) is 2.56. The lowest BCUT2D eigenvalue weighted by molar-refractivity contribution is 0.399. The molecule has 0 saturated heterocycles. The van der Waals surface area contributed by atoms with Gasteiger partial charge in [-0.3, -0.25) is 10.2 Å². The summed E-state index contributed by atoms with van der Waals surface area (Å²) in [6.07, 6.45) is 0. The highest BCUT2D eigenvalue weighted by molar-refractivity contribution is 7.71. The van der Waals surface area contributed by atoms with Crippen LogP contribution >= 0.6 is 12.2 Å². The molecule has 62 valence electrons. The Bertz CT molecular complexity index is 440. The van der Waals surface area contributed by atoms with Gasteiger partial charge >= 0.3 is 0 Å². The van der Waals surface area contributed by atoms with Crippen LogP contribution in [0.1, 0.15) is 5.76 Å². The van der Waals surface area contributed by atoms with Crippen molar-refractivity contribution in [2.45, 2.75) is 6.92 Å². The zero-order valence-corrected chi connectivity index (χ0v) is 7.10. The van der Waals surface area contributed by atoms with Gasteiger partial charge in [-0.2, -0.15) is 4.98 Å². The molecule has 0 atom stereocenters. The maximum absolute atomic E-state index is 4.87. The largest absolute Gasteiger partial charge is 0.361 e. The van der Waals surface area contributed by atoms with Crippen molar-refractivity contribution >= 4 is 12.2 Å². The lowest BCUT2D eigenvalue weighted by Gasteiger charge is -1.81. The molecule has 0 radical (unpaired) electrons. The minimum absolute atomic E-state index is 0.408. The van der Waals surface area contributed by atoms with E-state index in [9.17, 15) is 0 Å². The number of aromatic nitrogens is 4. The Kier molecular flexibility index (Phi) is 1.54. The van der Waals surface area contributed by atoms with Crippen molar-refractivity contribution in [3.8, 4) is 11.5 Å². The molecule has 12 heavy (non-hydrogen) atoms. The zero-order chi connectivity index (χ0) is 8.55. The number of rotatable bonds is 1. The highest BCUT2D eigenvalue weighted by Gasteiger charge is 2.05. The first-order chi connectivity index (χ1) is 5.75. The summed E-state index contributed by atoms with van der Waals surface area (Å²) in [5, 5.41) is 9.21. The monoisotopic (exact) mass is 182 g/mol. The molecule has 2 aromatic heterocycles. The van der Waals surface area contributed by atoms with Gasteiger partial charge < -0.3 is 4.52 Å². The molecule has 0 amide bonds. The van der Waals surface area contributed by atoms with Crippen LogP contribution in [0.2, 0.25) is 0 Å². The zero-order valence-electron chi connectivity index (χ0n) is 6.29. The third-order valence-corrected chi connectivity index (χ3v) is 1.57. The average molecular weight is 182 g/mol. The summed E-state index contributed by atoms with van der Waals surface area (Å²) in [6.45, 7) is 1.82. The van der Waals surface area contributed by atoms with Crippen LogP contribution in [-0.2, 0) is 0 Å². The Hall–Kier alpha value is -1.43. The lowest BCUT2D eigenvalue weighted by atomic mass is 10.4. The van der Waals surface area contributed by atoms with E-state index in [1.165, 1.54) is 0 Å². The maximum atomic E-state index is 4.87. The SMILES string of the molecule is Cc1cc(-c2nc(=S)[nH][nH]2)no1. The molecule has 0 aliphatic heterocycles. The molecule has 0 aliphatic rings. The standard InChI is InChI=1S/C6H6N4OS/c1-3-2-4(10-11-3)5-7-6(12)9-8-5/h2H,1H3,(H2,7,8,9,12). The van der Waals surface area contributed by atoms with Crippen molar-refractivity contribution in [3.05, 3.63) is 16.6 Å². The minimum Gasteiger partial charge on any atom is -0.361 e. The van der Waals surface area contributed by atoms with Gasteiger partial charge in [0.15, 0.2) is 11.5 Å². The Morgan fingerprint density at radius 1 is 1.50 bits per heavy atom. The molecule has 6 heteroatoms. The maximum Gasteiger partial charge on any atom is 0.213 e. The van der Waals surface area contributed by atoms with Crippen LogP contribution in [0.3, 0.4) is 0 Å². The fourth-order valence-corrected chi connectivity index (χ4v) is 1.01. The van der Waals surface area contributed by atoms with Crippen LogP contribution in [0.15, 0.2) is 10.6 Å². The summed E-state index contributed by atoms with van der Waals surface area (Å²) in [6, 6.07) is 1.78. The van der Waals surface area contributed by atoms with Crippen LogP contribution < -0.4 is 0 Å². The molecule has 2 heterocycles. The summed E-state index contributed by atoms with van der Waals surface area (Å²) in [7, 11) is 0. The fourth-order valence-electron chi connectivity index (χ4n) is 0.869. The summed E-state index contributed by atoms with van der Waals surface area (Å²) < 4.78 is 5.28. The highest BCUT2D eigenvalue weighted by atomic mass is 32.1. The third-order valence-electron chi connectivity index (χ3n) is 1.37. The number of H-pyrrole nitrogens is 2. The van der Waals surface area contributed by atoms with E-state index in [1.807, 2.05) is 6.92 Å². The fraction of sp³-hybridized carbons (Fsp3) is 0.167. The number of hydrogen-bond acceptors (Lipinski definition) is 4. The first-order valence-electron chi connectivity index (χ1n) is 3.34. The molecule has 0 aliphatic carbocycles. The molecular weight excluding hydrogens is 176 g/mol. The molecule has 0 saturated carbocycles. The van der Waals surface area contributed by atoms with Gasteiger partial charge in [0, 0.05) is 6.07 Å². The van der Waals surface area contributed by atoms with E-state index in [0.29, 0.717) is 16.3 Å². The van der Waals surface area contributed by atoms with Gasteiger partial charge in [0.25, 0.3) is 0 Å². The number of aromatic amines is 2. The Balaban J connectivity index is 2.50. The van der Waals surface area contributed by atoms with Gasteiger partial charge in [-0.15, -0.1) is 0 Å². The van der Waals surface area contributed by atoms with Gasteiger partial charge in [-0.25, -0.2) is 0 Å². The topological polar surface area (TPSA) is 70.5 Å². The van der Waals surface area contributed by atoms with E-state index >= 15 is 0 Å². The molecule has 0 unspecified atom stereocenters. The molecule has 0 fully saturated rings. The van der Waals surface area contributed by atoms with Crippen molar-refractivity contribution in [3.63, 3.8) is 0 Å². The molecule has 0 bridgehead atoms. The molecule has 2 N–H and O–H groups in total. The van der Waals surface area contributed by atoms with Gasteiger partial charge in [0.1, 0.15) is 5.76 Å². The molecule has 2 rings (SSSR count). The van der Waals surface area contributed by atoms with E-state index in [1.54, 1.807) is 6.07 Å². The second-order valence-electron chi connectivity index (χ2n) is 2.34. The summed E-state index contributed by atoms with van der Waals surface area (Å²) in [4.78, 5) is 3.98. The van der Waals surface area contributed by atoms with Crippen LogP contribution in [0.25, 0.3) is 11.5 Å². The quantitative estimate of drug-likeness (QED) is 0.654. The number of aryl methyl sites for hydroxylation is 1. The van der Waals surface area contributed by atoms with Crippen LogP contribution in [0.4, 0.5) is 0 Å². The van der Waals surface area contributed by atoms with Gasteiger partial charge in [0.05, 0.1) is 0 Å². The average Bonchev–Trinajstić information content (AvgIpc) is 2.58. The van der Waals surface area contributed by atoms with E-state index in [4.69, 9.17) is 16.7 Å². The summed E-state index contributed by atoms with van der Waals surface area (Å²) >= 11 is 4.78. The Labute approximate surface area is 72.8 Å².